The van der Waals surface area contributed by atoms with Gasteiger partial charge in [-0.25, -0.2) is 0 Å². The second-order valence-electron chi connectivity index (χ2n) is 5.35. The first-order valence-corrected chi connectivity index (χ1v) is 7.25. The number of likely N-dealkylation sites (tertiary alicyclic amines) is 1. The highest BCUT2D eigenvalue weighted by Gasteiger charge is 2.24. The van der Waals surface area contributed by atoms with Crippen molar-refractivity contribution in [1.29, 1.82) is 0 Å². The number of benzene rings is 1. The van der Waals surface area contributed by atoms with Gasteiger partial charge in [0.25, 0.3) is 0 Å². The molecule has 0 aromatic heterocycles. The molecule has 0 bridgehead atoms. The van der Waals surface area contributed by atoms with E-state index >= 15 is 0 Å². The predicted octanol–water partition coefficient (Wildman–Crippen LogP) is 2.31. The fourth-order valence-electron chi connectivity index (χ4n) is 2.88. The van der Waals surface area contributed by atoms with E-state index in [9.17, 15) is 4.79 Å². The molecule has 19 heavy (non-hydrogen) atoms. The molecule has 0 unspecified atom stereocenters. The van der Waals surface area contributed by atoms with Gasteiger partial charge >= 0.3 is 0 Å². The van der Waals surface area contributed by atoms with Crippen LogP contribution < -0.4 is 5.32 Å². The van der Waals surface area contributed by atoms with Gasteiger partial charge in [0.05, 0.1) is 0 Å². The first-order valence-electron chi connectivity index (χ1n) is 7.25. The van der Waals surface area contributed by atoms with E-state index in [1.165, 1.54) is 17.5 Å². The number of nitrogens with one attached hydrogen (secondary N) is 1. The van der Waals surface area contributed by atoms with Crippen molar-refractivity contribution in [3.05, 3.63) is 35.4 Å². The smallest absolute Gasteiger partial charge is 0.221 e. The van der Waals surface area contributed by atoms with Crippen molar-refractivity contribution in [3.8, 4) is 0 Å². The van der Waals surface area contributed by atoms with Crippen LogP contribution >= 0.6 is 0 Å². The number of aryl methyl sites for hydroxylation is 1. The number of rotatable bonds is 5. The highest BCUT2D eigenvalue weighted by Crippen LogP contribution is 2.29. The summed E-state index contributed by atoms with van der Waals surface area (Å²) >= 11 is 0. The number of amides is 1. The predicted molar refractivity (Wildman–Crippen MR) is 78.3 cm³/mol. The zero-order valence-corrected chi connectivity index (χ0v) is 12.0. The lowest BCUT2D eigenvalue weighted by Crippen LogP contribution is -2.29. The van der Waals surface area contributed by atoms with Gasteiger partial charge in [-0.15, -0.1) is 0 Å². The minimum atomic E-state index is 0.168. The van der Waals surface area contributed by atoms with Crippen LogP contribution in [0.15, 0.2) is 24.3 Å². The Morgan fingerprint density at radius 1 is 1.42 bits per heavy atom. The zero-order chi connectivity index (χ0) is 13.7. The van der Waals surface area contributed by atoms with Crippen LogP contribution in [0.4, 0.5) is 0 Å². The molecule has 0 spiro atoms. The first kappa shape index (κ1) is 14.1. The lowest BCUT2D eigenvalue weighted by molar-refractivity contribution is -0.121. The number of nitrogens with zero attached hydrogens (tertiary/aromatic N) is 1. The SMILES string of the molecule is CCNC(=O)CCN1CC[C@H](c2ccccc2C)C1. The molecule has 2 rings (SSSR count). The van der Waals surface area contributed by atoms with E-state index in [-0.39, 0.29) is 5.91 Å². The van der Waals surface area contributed by atoms with Gasteiger partial charge < -0.3 is 10.2 Å². The summed E-state index contributed by atoms with van der Waals surface area (Å²) in [4.78, 5) is 13.9. The summed E-state index contributed by atoms with van der Waals surface area (Å²) in [6.07, 6.45) is 1.83. The van der Waals surface area contributed by atoms with E-state index in [0.717, 1.165) is 26.2 Å². The van der Waals surface area contributed by atoms with Crippen molar-refractivity contribution in [2.75, 3.05) is 26.2 Å². The third-order valence-electron chi connectivity index (χ3n) is 3.93. The van der Waals surface area contributed by atoms with Crippen LogP contribution in [0.1, 0.15) is 36.8 Å². The fourth-order valence-corrected chi connectivity index (χ4v) is 2.88. The van der Waals surface area contributed by atoms with Crippen LogP contribution in [0.25, 0.3) is 0 Å². The van der Waals surface area contributed by atoms with Gasteiger partial charge in [0.1, 0.15) is 0 Å². The Balaban J connectivity index is 1.83. The summed E-state index contributed by atoms with van der Waals surface area (Å²) in [5.41, 5.74) is 2.86. The number of hydrogen-bond donors (Lipinski definition) is 1. The second kappa shape index (κ2) is 6.71. The molecular weight excluding hydrogens is 236 g/mol. The van der Waals surface area contributed by atoms with Crippen LogP contribution in [0.3, 0.4) is 0 Å². The van der Waals surface area contributed by atoms with Crippen molar-refractivity contribution in [2.45, 2.75) is 32.6 Å². The standard InChI is InChI=1S/C16H24N2O/c1-3-17-16(19)9-11-18-10-8-14(12-18)15-7-5-4-6-13(15)2/h4-7,14H,3,8-12H2,1-2H3,(H,17,19)/t14-/m0/s1. The Kier molecular flexibility index (Phi) is 4.97. The molecule has 0 saturated carbocycles. The average molecular weight is 260 g/mol. The quantitative estimate of drug-likeness (QED) is 0.881. The third kappa shape index (κ3) is 3.80. The maximum atomic E-state index is 11.5. The Hall–Kier alpha value is -1.35. The molecule has 1 fully saturated rings. The molecule has 1 heterocycles. The van der Waals surface area contributed by atoms with E-state index in [4.69, 9.17) is 0 Å². The van der Waals surface area contributed by atoms with Gasteiger partial charge in [0, 0.05) is 26.1 Å². The molecule has 3 nitrogen and oxygen atoms in total. The molecule has 1 atom stereocenters. The summed E-state index contributed by atoms with van der Waals surface area (Å²) in [6, 6.07) is 8.65. The van der Waals surface area contributed by atoms with Gasteiger partial charge in [-0.3, -0.25) is 4.79 Å². The lowest BCUT2D eigenvalue weighted by Gasteiger charge is -2.16. The third-order valence-corrected chi connectivity index (χ3v) is 3.93. The van der Waals surface area contributed by atoms with Crippen molar-refractivity contribution >= 4 is 5.91 Å². The van der Waals surface area contributed by atoms with Gasteiger partial charge in [-0.2, -0.15) is 0 Å². The lowest BCUT2D eigenvalue weighted by atomic mass is 9.94. The topological polar surface area (TPSA) is 32.3 Å². The summed E-state index contributed by atoms with van der Waals surface area (Å²) in [6.45, 7) is 7.95. The highest BCUT2D eigenvalue weighted by atomic mass is 16.1. The largest absolute Gasteiger partial charge is 0.356 e. The van der Waals surface area contributed by atoms with Gasteiger partial charge in [0.2, 0.25) is 5.91 Å². The minimum absolute atomic E-state index is 0.168. The molecule has 1 aromatic rings. The van der Waals surface area contributed by atoms with E-state index in [1.54, 1.807) is 0 Å². The van der Waals surface area contributed by atoms with Crippen molar-refractivity contribution < 1.29 is 4.79 Å². The fraction of sp³-hybridized carbons (Fsp3) is 0.562. The van der Waals surface area contributed by atoms with Gasteiger partial charge in [-0.05, 0) is 43.9 Å². The monoisotopic (exact) mass is 260 g/mol. The molecular formula is C16H24N2O. The average Bonchev–Trinajstić information content (AvgIpc) is 2.86. The Morgan fingerprint density at radius 3 is 2.95 bits per heavy atom. The highest BCUT2D eigenvalue weighted by molar-refractivity contribution is 5.75. The summed E-state index contributed by atoms with van der Waals surface area (Å²) < 4.78 is 0. The Morgan fingerprint density at radius 2 is 2.21 bits per heavy atom. The molecule has 1 N–H and O–H groups in total. The molecule has 1 aromatic carbocycles. The van der Waals surface area contributed by atoms with E-state index in [0.29, 0.717) is 12.3 Å². The molecule has 1 saturated heterocycles. The minimum Gasteiger partial charge on any atom is -0.356 e. The zero-order valence-electron chi connectivity index (χ0n) is 12.0. The van der Waals surface area contributed by atoms with Crippen LogP contribution in [-0.2, 0) is 4.79 Å². The maximum Gasteiger partial charge on any atom is 0.221 e. The van der Waals surface area contributed by atoms with E-state index < -0.39 is 0 Å². The number of carbonyl (C=O) groups excluding carboxylic acids is 1. The molecule has 3 heteroatoms. The second-order valence-corrected chi connectivity index (χ2v) is 5.35. The van der Waals surface area contributed by atoms with Crippen LogP contribution in [0.5, 0.6) is 0 Å². The summed E-state index contributed by atoms with van der Waals surface area (Å²) in [5, 5.41) is 2.86. The van der Waals surface area contributed by atoms with E-state index in [1.807, 2.05) is 6.92 Å². The van der Waals surface area contributed by atoms with E-state index in [2.05, 4.69) is 41.4 Å². The molecule has 104 valence electrons. The number of hydrogen-bond acceptors (Lipinski definition) is 2. The normalized spacial score (nSPS) is 19.6. The summed E-state index contributed by atoms with van der Waals surface area (Å²) in [7, 11) is 0. The Labute approximate surface area is 116 Å². The maximum absolute atomic E-state index is 11.5. The van der Waals surface area contributed by atoms with Crippen molar-refractivity contribution in [3.63, 3.8) is 0 Å². The van der Waals surface area contributed by atoms with Crippen LogP contribution in [-0.4, -0.2) is 37.0 Å². The van der Waals surface area contributed by atoms with Crippen LogP contribution in [0, 0.1) is 6.92 Å². The Bertz CT molecular complexity index is 431. The molecule has 1 aliphatic rings. The molecule has 1 amide bonds. The van der Waals surface area contributed by atoms with Crippen molar-refractivity contribution in [2.24, 2.45) is 0 Å². The van der Waals surface area contributed by atoms with Gasteiger partial charge in [0.15, 0.2) is 0 Å². The van der Waals surface area contributed by atoms with Gasteiger partial charge in [-0.1, -0.05) is 24.3 Å². The van der Waals surface area contributed by atoms with Crippen LogP contribution in [0.2, 0.25) is 0 Å². The first-order chi connectivity index (χ1) is 9.20. The van der Waals surface area contributed by atoms with Crippen molar-refractivity contribution in [1.82, 2.24) is 10.2 Å². The molecule has 0 radical (unpaired) electrons. The summed E-state index contributed by atoms with van der Waals surface area (Å²) in [5.74, 6) is 0.803. The number of carbonyl (C=O) groups is 1. The molecule has 1 aliphatic heterocycles. The molecule has 0 aliphatic carbocycles.